The smallest absolute Gasteiger partial charge is 0.304 e. The molecular weight excluding hydrogens is 232 g/mol. The molecule has 1 aromatic rings. The van der Waals surface area contributed by atoms with Crippen molar-refractivity contribution < 1.29 is 9.90 Å². The van der Waals surface area contributed by atoms with Crippen LogP contribution in [-0.2, 0) is 16.6 Å². The summed E-state index contributed by atoms with van der Waals surface area (Å²) < 4.78 is 0. The fourth-order valence-corrected chi connectivity index (χ4v) is 3.90. The highest BCUT2D eigenvalue weighted by Crippen LogP contribution is 2.52. The highest BCUT2D eigenvalue weighted by molar-refractivity contribution is 8.00. The molecule has 0 amide bonds. The van der Waals surface area contributed by atoms with Crippen molar-refractivity contribution in [2.75, 3.05) is 0 Å². The fraction of sp³-hybridized carbons (Fsp3) is 0.500. The number of carbonyl (C=O) groups is 1. The molecule has 0 radical (unpaired) electrons. The van der Waals surface area contributed by atoms with Crippen LogP contribution in [0.3, 0.4) is 0 Å². The summed E-state index contributed by atoms with van der Waals surface area (Å²) in [5.41, 5.74) is 2.61. The third kappa shape index (κ3) is 1.97. The Labute approximate surface area is 105 Å². The lowest BCUT2D eigenvalue weighted by Crippen LogP contribution is -2.13. The lowest BCUT2D eigenvalue weighted by molar-refractivity contribution is -0.137. The molecule has 2 nitrogen and oxygen atoms in total. The summed E-state index contributed by atoms with van der Waals surface area (Å²) in [6.07, 6.45) is 3.47. The van der Waals surface area contributed by atoms with Crippen LogP contribution in [0.25, 0.3) is 0 Å². The van der Waals surface area contributed by atoms with E-state index in [1.807, 2.05) is 11.8 Å². The first-order valence-electron chi connectivity index (χ1n) is 6.11. The van der Waals surface area contributed by atoms with Gasteiger partial charge in [-0.3, -0.25) is 4.79 Å². The van der Waals surface area contributed by atoms with Crippen LogP contribution in [0.1, 0.15) is 37.3 Å². The lowest BCUT2D eigenvalue weighted by Gasteiger charge is -2.14. The Hall–Kier alpha value is -0.960. The Morgan fingerprint density at radius 2 is 2.29 bits per heavy atom. The first-order valence-corrected chi connectivity index (χ1v) is 6.99. The van der Waals surface area contributed by atoms with Crippen LogP contribution >= 0.6 is 11.8 Å². The summed E-state index contributed by atoms with van der Waals surface area (Å²) in [5.74, 6) is -0.675. The first-order chi connectivity index (χ1) is 8.09. The van der Waals surface area contributed by atoms with Gasteiger partial charge in [-0.2, -0.15) is 0 Å². The van der Waals surface area contributed by atoms with Gasteiger partial charge in [-0.1, -0.05) is 19.1 Å². The van der Waals surface area contributed by atoms with Crippen LogP contribution in [0.15, 0.2) is 23.1 Å². The normalized spacial score (nSPS) is 24.4. The number of carboxylic acids is 1. The number of carboxylic acid groups (broad SMARTS) is 1. The van der Waals surface area contributed by atoms with Gasteiger partial charge in [-0.05, 0) is 36.5 Å². The number of benzene rings is 1. The molecule has 17 heavy (non-hydrogen) atoms. The number of rotatable bonds is 3. The van der Waals surface area contributed by atoms with Crippen LogP contribution in [0.2, 0.25) is 0 Å². The van der Waals surface area contributed by atoms with Gasteiger partial charge in [0.2, 0.25) is 0 Å². The predicted molar refractivity (Wildman–Crippen MR) is 68.6 cm³/mol. The molecule has 1 aliphatic heterocycles. The van der Waals surface area contributed by atoms with E-state index in [0.29, 0.717) is 5.25 Å². The molecule has 0 spiro atoms. The van der Waals surface area contributed by atoms with Crippen LogP contribution < -0.4 is 0 Å². The zero-order chi connectivity index (χ0) is 12.0. The number of aliphatic carboxylic acids is 1. The van der Waals surface area contributed by atoms with Crippen molar-refractivity contribution in [3.63, 3.8) is 0 Å². The van der Waals surface area contributed by atoms with Crippen LogP contribution in [-0.4, -0.2) is 16.3 Å². The summed E-state index contributed by atoms with van der Waals surface area (Å²) in [6, 6.07) is 6.57. The SMILES string of the molecule is CC1Cc2cc(C3(CC(=O)O)CC3)ccc2S1. The maximum atomic E-state index is 10.9. The number of thioether (sulfide) groups is 1. The van der Waals surface area contributed by atoms with Gasteiger partial charge in [0, 0.05) is 15.6 Å². The minimum Gasteiger partial charge on any atom is -0.481 e. The highest BCUT2D eigenvalue weighted by Gasteiger charge is 2.46. The van der Waals surface area contributed by atoms with Crippen molar-refractivity contribution >= 4 is 17.7 Å². The molecule has 1 heterocycles. The summed E-state index contributed by atoms with van der Waals surface area (Å²) in [6.45, 7) is 2.24. The molecule has 1 saturated carbocycles. The fourth-order valence-electron chi connectivity index (χ4n) is 2.76. The van der Waals surface area contributed by atoms with Crippen molar-refractivity contribution in [2.24, 2.45) is 0 Å². The second-order valence-electron chi connectivity index (χ2n) is 5.31. The van der Waals surface area contributed by atoms with Gasteiger partial charge >= 0.3 is 5.97 Å². The van der Waals surface area contributed by atoms with Crippen molar-refractivity contribution in [3.8, 4) is 0 Å². The van der Waals surface area contributed by atoms with Crippen LogP contribution in [0.5, 0.6) is 0 Å². The van der Waals surface area contributed by atoms with Crippen molar-refractivity contribution in [1.29, 1.82) is 0 Å². The topological polar surface area (TPSA) is 37.3 Å². The van der Waals surface area contributed by atoms with Gasteiger partial charge in [0.25, 0.3) is 0 Å². The maximum Gasteiger partial charge on any atom is 0.304 e. The van der Waals surface area contributed by atoms with Gasteiger partial charge in [-0.25, -0.2) is 0 Å². The molecule has 0 aromatic heterocycles. The molecule has 1 N–H and O–H groups in total. The summed E-state index contributed by atoms with van der Waals surface area (Å²) in [7, 11) is 0. The Bertz CT molecular complexity index is 477. The second kappa shape index (κ2) is 3.77. The molecular formula is C14H16O2S. The van der Waals surface area contributed by atoms with E-state index in [0.717, 1.165) is 19.3 Å². The molecule has 0 saturated heterocycles. The van der Waals surface area contributed by atoms with Gasteiger partial charge < -0.3 is 5.11 Å². The minimum atomic E-state index is -0.675. The van der Waals surface area contributed by atoms with Gasteiger partial charge in [0.15, 0.2) is 0 Å². The summed E-state index contributed by atoms with van der Waals surface area (Å²) >= 11 is 1.93. The first kappa shape index (κ1) is 11.1. The molecule has 0 bridgehead atoms. The molecule has 1 atom stereocenters. The monoisotopic (exact) mass is 248 g/mol. The number of fused-ring (bicyclic) bond motifs is 1. The van der Waals surface area contributed by atoms with Gasteiger partial charge in [-0.15, -0.1) is 11.8 Å². The molecule has 3 heteroatoms. The van der Waals surface area contributed by atoms with E-state index >= 15 is 0 Å². The second-order valence-corrected chi connectivity index (χ2v) is 6.79. The van der Waals surface area contributed by atoms with Crippen molar-refractivity contribution in [2.45, 2.75) is 48.2 Å². The van der Waals surface area contributed by atoms with E-state index < -0.39 is 5.97 Å². The predicted octanol–water partition coefficient (Wildman–Crippen LogP) is 3.23. The summed E-state index contributed by atoms with van der Waals surface area (Å²) in [4.78, 5) is 12.3. The third-order valence-corrected chi connectivity index (χ3v) is 5.07. The molecule has 1 aromatic carbocycles. The van der Waals surface area contributed by atoms with Gasteiger partial charge in [0.1, 0.15) is 0 Å². The van der Waals surface area contributed by atoms with Crippen LogP contribution in [0, 0.1) is 0 Å². The Morgan fingerprint density at radius 1 is 1.53 bits per heavy atom. The standard InChI is InChI=1S/C14H16O2S/c1-9-6-10-7-11(2-3-12(10)17-9)14(4-5-14)8-13(15)16/h2-3,7,9H,4-6,8H2,1H3,(H,15,16). The molecule has 1 aliphatic carbocycles. The van der Waals surface area contributed by atoms with Crippen LogP contribution in [0.4, 0.5) is 0 Å². The zero-order valence-corrected chi connectivity index (χ0v) is 10.7. The molecule has 2 aliphatic rings. The number of hydrogen-bond donors (Lipinski definition) is 1. The van der Waals surface area contributed by atoms with Crippen molar-refractivity contribution in [3.05, 3.63) is 29.3 Å². The van der Waals surface area contributed by atoms with E-state index in [9.17, 15) is 4.79 Å². The minimum absolute atomic E-state index is 0.0443. The molecule has 1 unspecified atom stereocenters. The largest absolute Gasteiger partial charge is 0.481 e. The maximum absolute atomic E-state index is 10.9. The van der Waals surface area contributed by atoms with E-state index in [1.54, 1.807) is 0 Å². The Kier molecular flexibility index (Phi) is 2.47. The highest BCUT2D eigenvalue weighted by atomic mass is 32.2. The average molecular weight is 248 g/mol. The molecule has 3 rings (SSSR count). The summed E-state index contributed by atoms with van der Waals surface area (Å²) in [5, 5.41) is 9.64. The Morgan fingerprint density at radius 3 is 2.94 bits per heavy atom. The lowest BCUT2D eigenvalue weighted by atomic mass is 9.90. The quantitative estimate of drug-likeness (QED) is 0.892. The molecule has 90 valence electrons. The Balaban J connectivity index is 1.90. The molecule has 1 fully saturated rings. The van der Waals surface area contributed by atoms with E-state index in [2.05, 4.69) is 25.1 Å². The average Bonchev–Trinajstić information content (AvgIpc) is 2.91. The number of hydrogen-bond acceptors (Lipinski definition) is 2. The van der Waals surface area contributed by atoms with E-state index in [1.165, 1.54) is 16.0 Å². The van der Waals surface area contributed by atoms with Gasteiger partial charge in [0.05, 0.1) is 6.42 Å². The van der Waals surface area contributed by atoms with E-state index in [4.69, 9.17) is 5.11 Å². The third-order valence-electron chi connectivity index (χ3n) is 3.85. The van der Waals surface area contributed by atoms with E-state index in [-0.39, 0.29) is 11.8 Å². The zero-order valence-electron chi connectivity index (χ0n) is 9.90. The van der Waals surface area contributed by atoms with Crippen molar-refractivity contribution in [1.82, 2.24) is 0 Å².